The Balaban J connectivity index is 1.86. The van der Waals surface area contributed by atoms with Gasteiger partial charge in [0.05, 0.1) is 6.54 Å². The second-order valence-electron chi connectivity index (χ2n) is 6.16. The molecular weight excluding hydrogens is 406 g/mol. The van der Waals surface area contributed by atoms with Gasteiger partial charge in [0, 0.05) is 25.5 Å². The van der Waals surface area contributed by atoms with Crippen LogP contribution in [0.5, 0.6) is 0 Å². The van der Waals surface area contributed by atoms with Crippen LogP contribution in [-0.2, 0) is 19.5 Å². The summed E-state index contributed by atoms with van der Waals surface area (Å²) in [6, 6.07) is 7.98. The van der Waals surface area contributed by atoms with Crippen LogP contribution in [0.3, 0.4) is 0 Å². The second-order valence-corrected chi connectivity index (χ2v) is 6.16. The average molecular weight is 428 g/mol. The van der Waals surface area contributed by atoms with Gasteiger partial charge in [0.25, 0.3) is 0 Å². The maximum absolute atomic E-state index is 12.5. The molecule has 12 heteroatoms. The van der Waals surface area contributed by atoms with E-state index >= 15 is 0 Å². The van der Waals surface area contributed by atoms with Crippen LogP contribution in [0.15, 0.2) is 48.8 Å². The van der Waals surface area contributed by atoms with Gasteiger partial charge in [-0.05, 0) is 11.6 Å². The number of amides is 5. The number of aromatic nitrogens is 2. The van der Waals surface area contributed by atoms with Crippen LogP contribution in [0.4, 0.5) is 10.7 Å². The molecule has 0 spiro atoms. The highest BCUT2D eigenvalue weighted by Gasteiger charge is 2.23. The van der Waals surface area contributed by atoms with Crippen molar-refractivity contribution in [2.24, 2.45) is 5.73 Å². The summed E-state index contributed by atoms with van der Waals surface area (Å²) < 4.78 is 0. The fourth-order valence-electron chi connectivity index (χ4n) is 2.53. The number of anilines is 1. The van der Waals surface area contributed by atoms with E-state index in [1.807, 2.05) is 0 Å². The molecule has 0 saturated carbocycles. The molecule has 2 aromatic rings. The first-order valence-corrected chi connectivity index (χ1v) is 9.23. The van der Waals surface area contributed by atoms with Crippen LogP contribution in [0.2, 0.25) is 0 Å². The summed E-state index contributed by atoms with van der Waals surface area (Å²) in [6.45, 7) is -1.36. The molecule has 0 aliphatic rings. The van der Waals surface area contributed by atoms with Gasteiger partial charge >= 0.3 is 6.03 Å². The monoisotopic (exact) mass is 428 g/mol. The zero-order chi connectivity index (χ0) is 22.6. The number of hydrogen-bond donors (Lipinski definition) is 4. The van der Waals surface area contributed by atoms with Crippen LogP contribution in [0, 0.1) is 0 Å². The Kier molecular flexibility index (Phi) is 8.86. The SMILES string of the molecule is NC(=O)N(CCNC(=O)CNC(=O)[C@H](NC(=O)C[O])c1ccccc1)c1ncccn1. The summed E-state index contributed by atoms with van der Waals surface area (Å²) in [5.41, 5.74) is 5.76. The number of hydrogen-bond acceptors (Lipinski definition) is 6. The summed E-state index contributed by atoms with van der Waals surface area (Å²) in [7, 11) is 0. The Hall–Kier alpha value is -4.06. The van der Waals surface area contributed by atoms with E-state index < -0.39 is 36.4 Å². The third-order valence-corrected chi connectivity index (χ3v) is 3.97. The Labute approximate surface area is 177 Å². The lowest BCUT2D eigenvalue weighted by molar-refractivity contribution is -0.132. The molecule has 0 saturated heterocycles. The van der Waals surface area contributed by atoms with Gasteiger partial charge < -0.3 is 21.7 Å². The molecule has 31 heavy (non-hydrogen) atoms. The molecule has 5 amide bonds. The molecule has 1 atom stereocenters. The van der Waals surface area contributed by atoms with Crippen molar-refractivity contribution in [1.82, 2.24) is 25.9 Å². The molecule has 12 nitrogen and oxygen atoms in total. The van der Waals surface area contributed by atoms with E-state index in [1.54, 1.807) is 36.4 Å². The second kappa shape index (κ2) is 11.8. The Morgan fingerprint density at radius 2 is 1.65 bits per heavy atom. The van der Waals surface area contributed by atoms with E-state index in [0.29, 0.717) is 5.56 Å². The van der Waals surface area contributed by atoms with E-state index in [2.05, 4.69) is 25.9 Å². The van der Waals surface area contributed by atoms with Crippen molar-refractivity contribution in [3.8, 4) is 0 Å². The number of nitrogens with two attached hydrogens (primary N) is 1. The highest BCUT2D eigenvalue weighted by atomic mass is 16.3. The maximum atomic E-state index is 12.5. The minimum Gasteiger partial charge on any atom is -0.353 e. The Bertz CT molecular complexity index is 895. The fourth-order valence-corrected chi connectivity index (χ4v) is 2.53. The molecule has 0 aliphatic heterocycles. The molecule has 1 aromatic carbocycles. The Morgan fingerprint density at radius 1 is 0.968 bits per heavy atom. The standard InChI is InChI=1S/C19H22N7O5/c20-18(31)26(19-22-7-4-8-23-19)10-9-21-14(28)11-24-17(30)16(25-15(29)12-27)13-5-2-1-3-6-13/h1-8,16H,9-12H2,(H2,20,31)(H,21,28)(H,24,30)(H,25,29)/t16-/m1/s1. The van der Waals surface area contributed by atoms with E-state index in [9.17, 15) is 24.3 Å². The molecular formula is C19H22N7O5. The summed E-state index contributed by atoms with van der Waals surface area (Å²) in [5, 5.41) is 18.0. The maximum Gasteiger partial charge on any atom is 0.321 e. The molecule has 1 aromatic heterocycles. The van der Waals surface area contributed by atoms with Crippen molar-refractivity contribution < 1.29 is 24.3 Å². The third-order valence-electron chi connectivity index (χ3n) is 3.97. The van der Waals surface area contributed by atoms with Gasteiger partial charge in [-0.15, -0.1) is 0 Å². The lowest BCUT2D eigenvalue weighted by Crippen LogP contribution is -2.46. The van der Waals surface area contributed by atoms with Crippen molar-refractivity contribution in [1.29, 1.82) is 0 Å². The molecule has 2 rings (SSSR count). The number of primary amides is 1. The fraction of sp³-hybridized carbons (Fsp3) is 0.263. The van der Waals surface area contributed by atoms with Gasteiger partial charge in [-0.2, -0.15) is 0 Å². The first-order chi connectivity index (χ1) is 14.9. The van der Waals surface area contributed by atoms with Crippen LogP contribution in [0.1, 0.15) is 11.6 Å². The van der Waals surface area contributed by atoms with Crippen molar-refractivity contribution in [3.63, 3.8) is 0 Å². The van der Waals surface area contributed by atoms with E-state index in [-0.39, 0.29) is 25.6 Å². The quantitative estimate of drug-likeness (QED) is 0.372. The van der Waals surface area contributed by atoms with Gasteiger partial charge in [0.2, 0.25) is 23.7 Å². The van der Waals surface area contributed by atoms with Gasteiger partial charge in [-0.1, -0.05) is 30.3 Å². The molecule has 1 heterocycles. The topological polar surface area (TPSA) is 179 Å². The highest BCUT2D eigenvalue weighted by Crippen LogP contribution is 2.12. The van der Waals surface area contributed by atoms with Gasteiger partial charge in [-0.3, -0.25) is 19.3 Å². The minimum absolute atomic E-state index is 0.0191. The zero-order valence-electron chi connectivity index (χ0n) is 16.5. The summed E-state index contributed by atoms with van der Waals surface area (Å²) in [5.74, 6) is -1.94. The highest BCUT2D eigenvalue weighted by molar-refractivity contribution is 5.91. The van der Waals surface area contributed by atoms with Crippen LogP contribution < -0.4 is 26.6 Å². The normalized spacial score (nSPS) is 11.1. The van der Waals surface area contributed by atoms with Crippen molar-refractivity contribution in [2.75, 3.05) is 31.1 Å². The lowest BCUT2D eigenvalue weighted by Gasteiger charge is -2.19. The van der Waals surface area contributed by atoms with E-state index in [4.69, 9.17) is 5.73 Å². The van der Waals surface area contributed by atoms with E-state index in [0.717, 1.165) is 4.90 Å². The number of carbonyl (C=O) groups is 4. The largest absolute Gasteiger partial charge is 0.353 e. The first-order valence-electron chi connectivity index (χ1n) is 9.23. The zero-order valence-corrected chi connectivity index (χ0v) is 16.5. The first kappa shape index (κ1) is 23.2. The minimum atomic E-state index is -1.11. The van der Waals surface area contributed by atoms with Crippen molar-refractivity contribution in [2.45, 2.75) is 6.04 Å². The summed E-state index contributed by atoms with van der Waals surface area (Å²) >= 11 is 0. The molecule has 0 aliphatic carbocycles. The molecule has 1 radical (unpaired) electrons. The lowest BCUT2D eigenvalue weighted by atomic mass is 10.1. The third kappa shape index (κ3) is 7.36. The Morgan fingerprint density at radius 3 is 2.26 bits per heavy atom. The van der Waals surface area contributed by atoms with E-state index in [1.165, 1.54) is 12.4 Å². The number of benzene rings is 1. The number of nitrogens with one attached hydrogen (secondary N) is 3. The smallest absolute Gasteiger partial charge is 0.321 e. The number of rotatable bonds is 10. The predicted octanol–water partition coefficient (Wildman–Crippen LogP) is -1.12. The summed E-state index contributed by atoms with van der Waals surface area (Å²) in [4.78, 5) is 56.5. The average Bonchev–Trinajstić information content (AvgIpc) is 2.79. The van der Waals surface area contributed by atoms with Crippen molar-refractivity contribution in [3.05, 3.63) is 54.4 Å². The van der Waals surface area contributed by atoms with Gasteiger partial charge in [0.1, 0.15) is 6.04 Å². The van der Waals surface area contributed by atoms with Crippen LogP contribution in [-0.4, -0.2) is 60.0 Å². The predicted molar refractivity (Wildman–Crippen MR) is 108 cm³/mol. The molecule has 0 unspecified atom stereocenters. The van der Waals surface area contributed by atoms with Gasteiger partial charge in [-0.25, -0.2) is 19.9 Å². The molecule has 0 bridgehead atoms. The van der Waals surface area contributed by atoms with Crippen molar-refractivity contribution >= 4 is 29.7 Å². The molecule has 5 N–H and O–H groups in total. The molecule has 0 fully saturated rings. The molecule has 163 valence electrons. The van der Waals surface area contributed by atoms with Crippen LogP contribution in [0.25, 0.3) is 0 Å². The van der Waals surface area contributed by atoms with Crippen LogP contribution >= 0.6 is 0 Å². The number of urea groups is 1. The van der Waals surface area contributed by atoms with Gasteiger partial charge in [0.15, 0.2) is 6.61 Å². The number of nitrogens with zero attached hydrogens (tertiary/aromatic N) is 3. The number of carbonyl (C=O) groups excluding carboxylic acids is 4. The summed E-state index contributed by atoms with van der Waals surface area (Å²) in [6.07, 6.45) is 2.89.